The van der Waals surface area contributed by atoms with Crippen LogP contribution in [0.2, 0.25) is 18.1 Å². The molecule has 0 unspecified atom stereocenters. The molecule has 4 aliphatic rings. The van der Waals surface area contributed by atoms with Crippen molar-refractivity contribution < 1.29 is 52.7 Å². The summed E-state index contributed by atoms with van der Waals surface area (Å²) in [7, 11) is -0.713. The average molecular weight is 859 g/mol. The number of hydrogen-bond acceptors (Lipinski definition) is 13. The van der Waals surface area contributed by atoms with Crippen LogP contribution in [-0.4, -0.2) is 108 Å². The van der Waals surface area contributed by atoms with Crippen molar-refractivity contribution in [3.05, 3.63) is 11.1 Å². The summed E-state index contributed by atoms with van der Waals surface area (Å²) in [6.45, 7) is 24.3. The lowest BCUT2D eigenvalue weighted by Crippen LogP contribution is -2.52. The van der Waals surface area contributed by atoms with E-state index >= 15 is 0 Å². The minimum Gasteiger partial charge on any atom is -0.459 e. The quantitative estimate of drug-likeness (QED) is 0.0777. The molecule has 10 atom stereocenters. The zero-order valence-electron chi connectivity index (χ0n) is 36.9. The highest BCUT2D eigenvalue weighted by molar-refractivity contribution is 8.18. The Morgan fingerprint density at radius 2 is 1.65 bits per heavy atom. The van der Waals surface area contributed by atoms with E-state index in [4.69, 9.17) is 23.4 Å². The van der Waals surface area contributed by atoms with E-state index in [1.54, 1.807) is 0 Å². The highest BCUT2D eigenvalue weighted by Crippen LogP contribution is 2.54. The first kappa shape index (κ1) is 48.7. The third kappa shape index (κ3) is 11.9. The standard InChI is InChI=1S/C43H74O11S2Si/c1-26(2)36(51-34(46)24-31(44)35-29(5)39(47)52-40(35)48)38(49-10)32(45)25-43(55-22-15-23-56-43)30(6)33(54-57(11,12)41(7,8)9)17-16-27(3)37-28(4)18-20-42(53-37)19-13-14-21-50-42/h26-28,30-33,36-38,44-45H,13-25H2,1-12H3/t27-,28+,30-,31+,32+,33-,36+,37+,38-,42-/m0/s1. The van der Waals surface area contributed by atoms with Crippen molar-refractivity contribution >= 4 is 49.7 Å². The summed E-state index contributed by atoms with van der Waals surface area (Å²) in [5.74, 6) is -0.534. The molecule has 0 bridgehead atoms. The van der Waals surface area contributed by atoms with Gasteiger partial charge in [0.2, 0.25) is 0 Å². The lowest BCUT2D eigenvalue weighted by atomic mass is 9.81. The normalized spacial score (nSPS) is 28.5. The molecule has 1 spiro atoms. The molecular formula is C43H74O11S2Si. The van der Waals surface area contributed by atoms with E-state index < -0.39 is 66.9 Å². The number of aliphatic hydroxyl groups is 2. The van der Waals surface area contributed by atoms with E-state index in [9.17, 15) is 24.6 Å². The van der Waals surface area contributed by atoms with Crippen LogP contribution in [0.4, 0.5) is 0 Å². The van der Waals surface area contributed by atoms with E-state index in [0.29, 0.717) is 18.3 Å². The Morgan fingerprint density at radius 3 is 2.19 bits per heavy atom. The SMILES string of the molecule is CO[C@@H]([C@H](O)CC1([C@@H](C)[C@H](CC[C@H](C)[C@H]2O[C@@]3(CCCCO3)CC[C@H]2C)O[Si](C)(C)C(C)(C)C)SCCCS1)[C@H](OC(=O)C[C@@H](O)C1=C(C)C(=O)OC1=O)C(C)C. The second-order valence-electron chi connectivity index (χ2n) is 19.0. The third-order valence-corrected chi connectivity index (χ3v) is 21.6. The Morgan fingerprint density at radius 1 is 0.982 bits per heavy atom. The molecule has 0 aromatic carbocycles. The number of esters is 3. The number of hydrogen-bond donors (Lipinski definition) is 2. The fraction of sp³-hybridized carbons (Fsp3) is 0.884. The maximum absolute atomic E-state index is 13.3. The molecule has 4 rings (SSSR count). The van der Waals surface area contributed by atoms with Gasteiger partial charge in [-0.2, -0.15) is 0 Å². The van der Waals surface area contributed by atoms with Crippen LogP contribution >= 0.6 is 23.5 Å². The van der Waals surface area contributed by atoms with Crippen LogP contribution < -0.4 is 0 Å². The number of carbonyl (C=O) groups is 3. The van der Waals surface area contributed by atoms with E-state index in [-0.39, 0.29) is 40.2 Å². The zero-order valence-corrected chi connectivity index (χ0v) is 39.5. The lowest BCUT2D eigenvalue weighted by Gasteiger charge is -2.50. The largest absolute Gasteiger partial charge is 0.459 e. The molecule has 328 valence electrons. The van der Waals surface area contributed by atoms with Crippen LogP contribution in [0.3, 0.4) is 0 Å². The summed E-state index contributed by atoms with van der Waals surface area (Å²) in [5.41, 5.74) is -0.270. The van der Waals surface area contributed by atoms with E-state index in [2.05, 4.69) is 59.4 Å². The highest BCUT2D eigenvalue weighted by Gasteiger charge is 2.50. The first-order valence-corrected chi connectivity index (χ1v) is 26.3. The molecule has 3 fully saturated rings. The number of aliphatic hydroxyl groups excluding tert-OH is 2. The van der Waals surface area contributed by atoms with Crippen molar-refractivity contribution in [3.8, 4) is 0 Å². The zero-order chi connectivity index (χ0) is 42.5. The Labute approximate surface area is 352 Å². The molecule has 4 aliphatic heterocycles. The van der Waals surface area contributed by atoms with Gasteiger partial charge in [-0.1, -0.05) is 55.4 Å². The van der Waals surface area contributed by atoms with Crippen LogP contribution in [0.1, 0.15) is 127 Å². The van der Waals surface area contributed by atoms with Crippen molar-refractivity contribution in [2.24, 2.45) is 23.7 Å². The minimum atomic E-state index is -2.23. The topological polar surface area (TPSA) is 147 Å². The van der Waals surface area contributed by atoms with Crippen molar-refractivity contribution in [1.29, 1.82) is 0 Å². The third-order valence-electron chi connectivity index (χ3n) is 13.4. The molecule has 14 heteroatoms. The summed E-state index contributed by atoms with van der Waals surface area (Å²) < 4.78 is 36.7. The van der Waals surface area contributed by atoms with Crippen LogP contribution in [0.15, 0.2) is 11.1 Å². The summed E-state index contributed by atoms with van der Waals surface area (Å²) in [6.07, 6.45) is 3.76. The van der Waals surface area contributed by atoms with Gasteiger partial charge in [0.15, 0.2) is 14.1 Å². The predicted molar refractivity (Wildman–Crippen MR) is 228 cm³/mol. The number of cyclic esters (lactones) is 2. The van der Waals surface area contributed by atoms with E-state index in [0.717, 1.165) is 69.5 Å². The minimum absolute atomic E-state index is 0.00768. The number of thioether (sulfide) groups is 2. The van der Waals surface area contributed by atoms with Gasteiger partial charge in [0.1, 0.15) is 12.2 Å². The van der Waals surface area contributed by atoms with Gasteiger partial charge in [-0.05, 0) is 92.8 Å². The van der Waals surface area contributed by atoms with Gasteiger partial charge < -0.3 is 38.3 Å². The molecule has 3 saturated heterocycles. The summed E-state index contributed by atoms with van der Waals surface area (Å²) in [5, 5.41) is 22.9. The Hall–Kier alpha value is -0.973. The van der Waals surface area contributed by atoms with Crippen LogP contribution in [-0.2, 0) is 42.5 Å². The molecule has 0 aromatic heterocycles. The van der Waals surface area contributed by atoms with Gasteiger partial charge >= 0.3 is 17.9 Å². The van der Waals surface area contributed by atoms with Gasteiger partial charge in [-0.25, -0.2) is 9.59 Å². The van der Waals surface area contributed by atoms with Crippen molar-refractivity contribution in [2.45, 2.75) is 191 Å². The molecule has 0 radical (unpaired) electrons. The monoisotopic (exact) mass is 858 g/mol. The fourth-order valence-corrected chi connectivity index (χ4v) is 13.8. The molecule has 0 saturated carbocycles. The number of carbonyl (C=O) groups excluding carboxylic acids is 3. The van der Waals surface area contributed by atoms with Gasteiger partial charge in [-0.3, -0.25) is 4.79 Å². The van der Waals surface area contributed by atoms with Crippen LogP contribution in [0.5, 0.6) is 0 Å². The maximum atomic E-state index is 13.3. The molecule has 0 aliphatic carbocycles. The smallest absolute Gasteiger partial charge is 0.345 e. The highest BCUT2D eigenvalue weighted by atomic mass is 32.2. The molecule has 2 N–H and O–H groups in total. The second-order valence-corrected chi connectivity index (χ2v) is 26.9. The Balaban J connectivity index is 1.55. The molecule has 0 amide bonds. The number of methoxy groups -OCH3 is 1. The predicted octanol–water partition coefficient (Wildman–Crippen LogP) is 8.19. The first-order valence-electron chi connectivity index (χ1n) is 21.4. The number of rotatable bonds is 18. The van der Waals surface area contributed by atoms with Gasteiger partial charge in [0.25, 0.3) is 0 Å². The van der Waals surface area contributed by atoms with Crippen LogP contribution in [0.25, 0.3) is 0 Å². The maximum Gasteiger partial charge on any atom is 0.345 e. The van der Waals surface area contributed by atoms with Crippen LogP contribution in [0, 0.1) is 23.7 Å². The van der Waals surface area contributed by atoms with Crippen molar-refractivity contribution in [2.75, 3.05) is 25.2 Å². The van der Waals surface area contributed by atoms with Crippen molar-refractivity contribution in [1.82, 2.24) is 0 Å². The Bertz CT molecular complexity index is 1400. The summed E-state index contributed by atoms with van der Waals surface area (Å²) in [4.78, 5) is 37.3. The fourth-order valence-electron chi connectivity index (χ4n) is 8.65. The molecule has 4 heterocycles. The first-order chi connectivity index (χ1) is 26.6. The van der Waals surface area contributed by atoms with Gasteiger partial charge in [0.05, 0.1) is 41.0 Å². The summed E-state index contributed by atoms with van der Waals surface area (Å²) in [6, 6.07) is 0. The van der Waals surface area contributed by atoms with Gasteiger partial charge in [0, 0.05) is 44.0 Å². The second kappa shape index (κ2) is 20.3. The van der Waals surface area contributed by atoms with Gasteiger partial charge in [-0.15, -0.1) is 23.5 Å². The molecular weight excluding hydrogens is 785 g/mol. The summed E-state index contributed by atoms with van der Waals surface area (Å²) >= 11 is 3.79. The Kier molecular flexibility index (Phi) is 17.3. The average Bonchev–Trinajstić information content (AvgIpc) is 3.40. The van der Waals surface area contributed by atoms with E-state index in [1.807, 2.05) is 37.4 Å². The lowest BCUT2D eigenvalue weighted by molar-refractivity contribution is -0.312. The van der Waals surface area contributed by atoms with Crippen molar-refractivity contribution in [3.63, 3.8) is 0 Å². The molecule has 0 aromatic rings. The van der Waals surface area contributed by atoms with E-state index in [1.165, 1.54) is 14.0 Å². The molecule has 57 heavy (non-hydrogen) atoms. The number of ether oxygens (including phenoxy) is 5. The molecule has 11 nitrogen and oxygen atoms in total.